The maximum Gasteiger partial charge on any atom is 0.247 e. The van der Waals surface area contributed by atoms with E-state index in [1.165, 1.54) is 0 Å². The van der Waals surface area contributed by atoms with Crippen molar-refractivity contribution in [2.75, 3.05) is 24.3 Å². The molecule has 7 nitrogen and oxygen atoms in total. The van der Waals surface area contributed by atoms with E-state index in [2.05, 4.69) is 43.4 Å². The molecule has 2 heterocycles. The Morgan fingerprint density at radius 1 is 1.09 bits per heavy atom. The molecule has 32 heavy (non-hydrogen) atoms. The molecule has 9 heteroatoms. The van der Waals surface area contributed by atoms with E-state index in [1.54, 1.807) is 11.8 Å². The molecule has 1 atom stereocenters. The average Bonchev–Trinajstić information content (AvgIpc) is 2.96. The van der Waals surface area contributed by atoms with Gasteiger partial charge in [-0.2, -0.15) is 4.98 Å². The quantitative estimate of drug-likeness (QED) is 0.359. The first kappa shape index (κ1) is 22.7. The zero-order valence-electron chi connectivity index (χ0n) is 18.2. The molecule has 1 aliphatic heterocycles. The Hall–Kier alpha value is -2.52. The number of halogens is 1. The van der Waals surface area contributed by atoms with E-state index >= 15 is 0 Å². The van der Waals surface area contributed by atoms with Crippen LogP contribution in [-0.2, 0) is 0 Å². The maximum atomic E-state index is 6.38. The summed E-state index contributed by atoms with van der Waals surface area (Å²) in [5.74, 6) is 2.70. The molecule has 0 saturated heterocycles. The summed E-state index contributed by atoms with van der Waals surface area (Å²) >= 11 is 5.20. The third-order valence-corrected chi connectivity index (χ3v) is 6.32. The normalized spacial score (nSPS) is 14.4. The second-order valence-corrected chi connectivity index (χ2v) is 8.90. The number of benzene rings is 2. The van der Waals surface area contributed by atoms with Gasteiger partial charge in [-0.3, -0.25) is 0 Å². The summed E-state index contributed by atoms with van der Waals surface area (Å²) in [5.41, 5.74) is 3.27. The number of anilines is 1. The fraction of sp³-hybridized carbons (Fsp3) is 0.348. The van der Waals surface area contributed by atoms with Crippen LogP contribution in [0.3, 0.4) is 0 Å². The molecule has 0 saturated carbocycles. The van der Waals surface area contributed by atoms with E-state index in [9.17, 15) is 0 Å². The molecule has 2 aromatic carbocycles. The van der Waals surface area contributed by atoms with Crippen molar-refractivity contribution in [3.8, 4) is 28.6 Å². The number of fused-ring (bicyclic) bond motifs is 3. The van der Waals surface area contributed by atoms with Crippen molar-refractivity contribution in [1.29, 1.82) is 0 Å². The molecule has 0 aliphatic carbocycles. The van der Waals surface area contributed by atoms with Crippen molar-refractivity contribution < 1.29 is 14.2 Å². The van der Waals surface area contributed by atoms with Gasteiger partial charge in [0.25, 0.3) is 0 Å². The fourth-order valence-corrected chi connectivity index (χ4v) is 4.55. The largest absolute Gasteiger partial charge is 0.490 e. The molecule has 1 aliphatic rings. The van der Waals surface area contributed by atoms with Crippen molar-refractivity contribution in [2.24, 2.45) is 0 Å². The van der Waals surface area contributed by atoms with Crippen LogP contribution in [0.15, 0.2) is 46.0 Å². The van der Waals surface area contributed by atoms with Crippen LogP contribution >= 0.6 is 27.7 Å². The lowest BCUT2D eigenvalue weighted by Crippen LogP contribution is -2.17. The van der Waals surface area contributed by atoms with Crippen LogP contribution in [0, 0.1) is 0 Å². The summed E-state index contributed by atoms with van der Waals surface area (Å²) in [6.07, 6.45) is 0.517. The van der Waals surface area contributed by atoms with Crippen LogP contribution in [0.2, 0.25) is 0 Å². The second-order valence-electron chi connectivity index (χ2n) is 6.98. The monoisotopic (exact) mass is 516 g/mol. The molecular weight excluding hydrogens is 492 g/mol. The summed E-state index contributed by atoms with van der Waals surface area (Å²) in [6, 6.07) is 11.8. The maximum absolute atomic E-state index is 6.38. The number of hydrogen-bond acceptors (Lipinski definition) is 8. The summed E-state index contributed by atoms with van der Waals surface area (Å²) in [7, 11) is 0. The Kier molecular flexibility index (Phi) is 7.36. The first-order chi connectivity index (χ1) is 15.6. The molecule has 4 rings (SSSR count). The first-order valence-corrected chi connectivity index (χ1v) is 12.4. The summed E-state index contributed by atoms with van der Waals surface area (Å²) < 4.78 is 18.8. The van der Waals surface area contributed by atoms with Gasteiger partial charge in [0.2, 0.25) is 11.0 Å². The minimum atomic E-state index is -0.510. The number of rotatable bonds is 8. The molecule has 168 valence electrons. The second kappa shape index (κ2) is 10.4. The standard InChI is InChI=1S/C23H25BrN4O3S/c1-4-11-32-23-26-22-19(27-28-23)15-9-7-8-10-17(15)25-21(31-22)14-12-16(24)20(30-6-3)18(13-14)29-5-2/h7-10,12-13,21,25H,4-6,11H2,1-3H3/t21-/m1/s1. The van der Waals surface area contributed by atoms with Crippen LogP contribution in [0.25, 0.3) is 11.3 Å². The molecule has 1 N–H and O–H groups in total. The highest BCUT2D eigenvalue weighted by Crippen LogP contribution is 2.43. The zero-order valence-corrected chi connectivity index (χ0v) is 20.6. The SMILES string of the molecule is CCCSc1nnc2c(n1)O[C@H](c1cc(Br)c(OCC)c(OCC)c1)Nc1ccccc1-2. The van der Waals surface area contributed by atoms with E-state index in [4.69, 9.17) is 14.2 Å². The molecule has 0 fully saturated rings. The van der Waals surface area contributed by atoms with Gasteiger partial charge in [-0.25, -0.2) is 0 Å². The van der Waals surface area contributed by atoms with Crippen molar-refractivity contribution in [3.63, 3.8) is 0 Å². The van der Waals surface area contributed by atoms with Gasteiger partial charge in [0.15, 0.2) is 23.4 Å². The third-order valence-electron chi connectivity index (χ3n) is 4.69. The Bertz CT molecular complexity index is 1100. The number of para-hydroxylation sites is 1. The number of hydrogen-bond donors (Lipinski definition) is 1. The Labute approximate surface area is 200 Å². The molecule has 0 radical (unpaired) electrons. The van der Waals surface area contributed by atoms with Crippen molar-refractivity contribution in [2.45, 2.75) is 38.6 Å². The number of nitrogens with zero attached hydrogens (tertiary/aromatic N) is 3. The van der Waals surface area contributed by atoms with E-state index in [0.29, 0.717) is 41.4 Å². The summed E-state index contributed by atoms with van der Waals surface area (Å²) in [6.45, 7) is 7.08. The number of nitrogens with one attached hydrogen (secondary N) is 1. The van der Waals surface area contributed by atoms with Crippen molar-refractivity contribution in [1.82, 2.24) is 15.2 Å². The molecule has 3 aromatic rings. The van der Waals surface area contributed by atoms with Crippen molar-refractivity contribution >= 4 is 33.4 Å². The molecule has 0 spiro atoms. The van der Waals surface area contributed by atoms with E-state index < -0.39 is 6.23 Å². The smallest absolute Gasteiger partial charge is 0.247 e. The molecule has 0 unspecified atom stereocenters. The molecule has 0 amide bonds. The minimum Gasteiger partial charge on any atom is -0.490 e. The predicted molar refractivity (Wildman–Crippen MR) is 130 cm³/mol. The third kappa shape index (κ3) is 4.78. The van der Waals surface area contributed by atoms with E-state index in [1.807, 2.05) is 50.2 Å². The summed E-state index contributed by atoms with van der Waals surface area (Å²) in [4.78, 5) is 4.67. The lowest BCUT2D eigenvalue weighted by molar-refractivity contribution is 0.223. The Morgan fingerprint density at radius 3 is 2.69 bits per heavy atom. The van der Waals surface area contributed by atoms with Gasteiger partial charge >= 0.3 is 0 Å². The van der Waals surface area contributed by atoms with Crippen LogP contribution in [0.5, 0.6) is 17.4 Å². The number of ether oxygens (including phenoxy) is 3. The van der Waals surface area contributed by atoms with Gasteiger partial charge in [-0.15, -0.1) is 10.2 Å². The first-order valence-electron chi connectivity index (χ1n) is 10.6. The molecule has 0 bridgehead atoms. The fourth-order valence-electron chi connectivity index (χ4n) is 3.34. The predicted octanol–water partition coefficient (Wildman–Crippen LogP) is 6.10. The van der Waals surface area contributed by atoms with Gasteiger partial charge in [-0.1, -0.05) is 36.9 Å². The number of thioether (sulfide) groups is 1. The van der Waals surface area contributed by atoms with E-state index in [-0.39, 0.29) is 0 Å². The highest BCUT2D eigenvalue weighted by atomic mass is 79.9. The van der Waals surface area contributed by atoms with Crippen LogP contribution < -0.4 is 19.5 Å². The van der Waals surface area contributed by atoms with Gasteiger partial charge in [-0.05, 0) is 54.4 Å². The molecular formula is C23H25BrN4O3S. The summed E-state index contributed by atoms with van der Waals surface area (Å²) in [5, 5.41) is 12.8. The van der Waals surface area contributed by atoms with Gasteiger partial charge in [0.1, 0.15) is 0 Å². The van der Waals surface area contributed by atoms with Crippen molar-refractivity contribution in [3.05, 3.63) is 46.4 Å². The minimum absolute atomic E-state index is 0.448. The Balaban J connectivity index is 1.78. The molecule has 1 aromatic heterocycles. The van der Waals surface area contributed by atoms with Crippen LogP contribution in [0.1, 0.15) is 39.0 Å². The topological polar surface area (TPSA) is 78.4 Å². The van der Waals surface area contributed by atoms with E-state index in [0.717, 1.165) is 33.5 Å². The van der Waals surface area contributed by atoms with Crippen LogP contribution in [0.4, 0.5) is 5.69 Å². The van der Waals surface area contributed by atoms with Gasteiger partial charge < -0.3 is 19.5 Å². The van der Waals surface area contributed by atoms with Crippen LogP contribution in [-0.4, -0.2) is 34.1 Å². The Morgan fingerprint density at radius 2 is 1.91 bits per heavy atom. The van der Waals surface area contributed by atoms with Gasteiger partial charge in [0, 0.05) is 22.6 Å². The number of aromatic nitrogens is 3. The zero-order chi connectivity index (χ0) is 22.5. The lowest BCUT2D eigenvalue weighted by Gasteiger charge is -2.22. The lowest BCUT2D eigenvalue weighted by atomic mass is 10.1. The highest BCUT2D eigenvalue weighted by molar-refractivity contribution is 9.10. The highest BCUT2D eigenvalue weighted by Gasteiger charge is 2.27. The van der Waals surface area contributed by atoms with Gasteiger partial charge in [0.05, 0.1) is 17.7 Å². The average molecular weight is 517 g/mol.